The number of aliphatic hydroxyl groups excluding tert-OH is 2. The van der Waals surface area contributed by atoms with Crippen molar-refractivity contribution in [2.75, 3.05) is 6.61 Å². The summed E-state index contributed by atoms with van der Waals surface area (Å²) in [5.41, 5.74) is 0. The molecule has 5 N–H and O–H groups in total. The molecule has 0 spiro atoms. The molecule has 1 aliphatic heterocycles. The monoisotopic (exact) mass is 343 g/mol. The van der Waals surface area contributed by atoms with E-state index >= 15 is 0 Å². The van der Waals surface area contributed by atoms with Crippen molar-refractivity contribution < 1.29 is 43.4 Å². The van der Waals surface area contributed by atoms with E-state index in [4.69, 9.17) is 19.3 Å². The number of phosphoric ester groups is 1. The minimum Gasteiger partial charge on any atom is -0.394 e. The fourth-order valence-corrected chi connectivity index (χ4v) is 2.79. The Bertz CT molecular complexity index is 426. The number of phosphoric acid groups is 1. The first-order valence-electron chi connectivity index (χ1n) is 6.66. The van der Waals surface area contributed by atoms with Crippen LogP contribution >= 0.6 is 7.82 Å². The first kappa shape index (κ1) is 19.5. The van der Waals surface area contributed by atoms with Gasteiger partial charge in [0.1, 0.15) is 24.4 Å². The van der Waals surface area contributed by atoms with Gasteiger partial charge in [0.25, 0.3) is 0 Å². The molecule has 5 atom stereocenters. The number of nitrogens with one attached hydrogen (secondary N) is 1. The van der Waals surface area contributed by atoms with E-state index in [1.165, 1.54) is 6.92 Å². The Morgan fingerprint density at radius 2 is 1.95 bits per heavy atom. The van der Waals surface area contributed by atoms with E-state index in [0.29, 0.717) is 0 Å². The summed E-state index contributed by atoms with van der Waals surface area (Å²) >= 11 is 0. The maximum atomic E-state index is 11.3. The molecule has 130 valence electrons. The summed E-state index contributed by atoms with van der Waals surface area (Å²) in [6, 6.07) is -1.11. The smallest absolute Gasteiger partial charge is 0.394 e. The van der Waals surface area contributed by atoms with E-state index in [2.05, 4.69) is 9.84 Å². The molecule has 1 rings (SSSR count). The third kappa shape index (κ3) is 5.56. The highest BCUT2D eigenvalue weighted by molar-refractivity contribution is 7.46. The highest BCUT2D eigenvalue weighted by atomic mass is 31.2. The standard InChI is InChI=1S/C11H22NO9P/c1-5(2)19-10-8(12-6(3)14)11(15)20-7(4-13)9(10)21-22(16,17)18/h5,7-11,13,15H,4H2,1-3H3,(H,12,14)(H2,16,17,18)/t7-,8-,9-,10-,11+/m1/s1. The van der Waals surface area contributed by atoms with Crippen LogP contribution in [-0.4, -0.2) is 69.3 Å². The Kier molecular flexibility index (Phi) is 6.90. The van der Waals surface area contributed by atoms with Crippen molar-refractivity contribution in [2.24, 2.45) is 0 Å². The van der Waals surface area contributed by atoms with Gasteiger partial charge in [-0.05, 0) is 13.8 Å². The molecule has 0 aromatic heterocycles. The molecule has 11 heteroatoms. The van der Waals surface area contributed by atoms with Crippen molar-refractivity contribution >= 4 is 13.7 Å². The first-order chi connectivity index (χ1) is 10.0. The third-order valence-corrected chi connectivity index (χ3v) is 3.42. The number of hydrogen-bond donors (Lipinski definition) is 5. The number of amides is 1. The molecule has 0 bridgehead atoms. The molecule has 0 aromatic rings. The Balaban J connectivity index is 3.11. The van der Waals surface area contributed by atoms with Crippen LogP contribution in [0.4, 0.5) is 0 Å². The van der Waals surface area contributed by atoms with Crippen LogP contribution in [-0.2, 0) is 23.4 Å². The lowest BCUT2D eigenvalue weighted by atomic mass is 9.96. The van der Waals surface area contributed by atoms with Crippen LogP contribution in [0, 0.1) is 0 Å². The SMILES string of the molecule is CC(=O)N[C@@H]1[C@@H](OC(C)C)[C@H](OP(=O)(O)O)[C@@H](CO)O[C@@H]1O. The Hall–Kier alpha value is -0.580. The van der Waals surface area contributed by atoms with Crippen LogP contribution in [0.5, 0.6) is 0 Å². The molecule has 1 amide bonds. The summed E-state index contributed by atoms with van der Waals surface area (Å²) in [7, 11) is -4.91. The minimum absolute atomic E-state index is 0.395. The summed E-state index contributed by atoms with van der Waals surface area (Å²) in [5.74, 6) is -0.498. The normalized spacial score (nSPS) is 33.0. The van der Waals surface area contributed by atoms with Crippen molar-refractivity contribution in [3.63, 3.8) is 0 Å². The molecule has 0 saturated carbocycles. The summed E-state index contributed by atoms with van der Waals surface area (Å²) in [5, 5.41) is 21.6. The molecule has 1 saturated heterocycles. The third-order valence-electron chi connectivity index (χ3n) is 2.90. The van der Waals surface area contributed by atoms with Crippen molar-refractivity contribution in [3.8, 4) is 0 Å². The molecular weight excluding hydrogens is 321 g/mol. The zero-order chi connectivity index (χ0) is 17.1. The second-order valence-corrected chi connectivity index (χ2v) is 6.38. The molecule has 10 nitrogen and oxygen atoms in total. The number of ether oxygens (including phenoxy) is 2. The maximum Gasteiger partial charge on any atom is 0.470 e. The van der Waals surface area contributed by atoms with Gasteiger partial charge in [-0.2, -0.15) is 0 Å². The summed E-state index contributed by atoms with van der Waals surface area (Å²) in [6.07, 6.45) is -5.66. The topological polar surface area (TPSA) is 155 Å². The highest BCUT2D eigenvalue weighted by Crippen LogP contribution is 2.42. The van der Waals surface area contributed by atoms with Gasteiger partial charge in [0.15, 0.2) is 6.29 Å². The summed E-state index contributed by atoms with van der Waals surface area (Å²) in [4.78, 5) is 29.3. The number of rotatable bonds is 6. The van der Waals surface area contributed by atoms with Crippen LogP contribution in [0.3, 0.4) is 0 Å². The zero-order valence-electron chi connectivity index (χ0n) is 12.4. The lowest BCUT2D eigenvalue weighted by Gasteiger charge is -2.44. The molecule has 1 fully saturated rings. The second-order valence-electron chi connectivity index (χ2n) is 5.18. The Labute approximate surface area is 127 Å². The molecular formula is C11H22NO9P. The van der Waals surface area contributed by atoms with Crippen LogP contribution in [0.15, 0.2) is 0 Å². The van der Waals surface area contributed by atoms with Crippen LogP contribution in [0.2, 0.25) is 0 Å². The second kappa shape index (κ2) is 7.80. The van der Waals surface area contributed by atoms with E-state index < -0.39 is 57.1 Å². The largest absolute Gasteiger partial charge is 0.470 e. The van der Waals surface area contributed by atoms with Gasteiger partial charge in [-0.25, -0.2) is 4.57 Å². The van der Waals surface area contributed by atoms with E-state index in [9.17, 15) is 19.6 Å². The summed E-state index contributed by atoms with van der Waals surface area (Å²) in [6.45, 7) is 3.87. The van der Waals surface area contributed by atoms with Gasteiger partial charge in [0, 0.05) is 6.92 Å². The zero-order valence-corrected chi connectivity index (χ0v) is 13.3. The van der Waals surface area contributed by atoms with E-state index in [-0.39, 0.29) is 0 Å². The number of aliphatic hydroxyl groups is 2. The lowest BCUT2D eigenvalue weighted by molar-refractivity contribution is -0.263. The molecule has 22 heavy (non-hydrogen) atoms. The average Bonchev–Trinajstić information content (AvgIpc) is 2.34. The Morgan fingerprint density at radius 1 is 1.36 bits per heavy atom. The van der Waals surface area contributed by atoms with Crippen molar-refractivity contribution in [2.45, 2.75) is 57.5 Å². The number of hydrogen-bond acceptors (Lipinski definition) is 7. The molecule has 1 aliphatic rings. The molecule has 0 aliphatic carbocycles. The van der Waals surface area contributed by atoms with Crippen molar-refractivity contribution in [1.29, 1.82) is 0 Å². The Morgan fingerprint density at radius 3 is 2.36 bits per heavy atom. The van der Waals surface area contributed by atoms with E-state index in [1.54, 1.807) is 13.8 Å². The van der Waals surface area contributed by atoms with Gasteiger partial charge in [-0.15, -0.1) is 0 Å². The van der Waals surface area contributed by atoms with Gasteiger partial charge >= 0.3 is 7.82 Å². The average molecular weight is 343 g/mol. The fraction of sp³-hybridized carbons (Fsp3) is 0.909. The van der Waals surface area contributed by atoms with E-state index in [1.807, 2.05) is 0 Å². The van der Waals surface area contributed by atoms with Gasteiger partial charge in [0.2, 0.25) is 5.91 Å². The van der Waals surface area contributed by atoms with Gasteiger partial charge < -0.3 is 34.8 Å². The molecule has 0 unspecified atom stereocenters. The maximum absolute atomic E-state index is 11.3. The predicted molar refractivity (Wildman–Crippen MR) is 72.5 cm³/mol. The first-order valence-corrected chi connectivity index (χ1v) is 8.19. The number of carbonyl (C=O) groups is 1. The van der Waals surface area contributed by atoms with Gasteiger partial charge in [-0.3, -0.25) is 9.32 Å². The molecule has 0 radical (unpaired) electrons. The minimum atomic E-state index is -4.91. The van der Waals surface area contributed by atoms with Crippen LogP contribution in [0.1, 0.15) is 20.8 Å². The molecule has 0 aromatic carbocycles. The van der Waals surface area contributed by atoms with Gasteiger partial charge in [0.05, 0.1) is 12.7 Å². The van der Waals surface area contributed by atoms with Crippen molar-refractivity contribution in [3.05, 3.63) is 0 Å². The van der Waals surface area contributed by atoms with Crippen LogP contribution < -0.4 is 5.32 Å². The van der Waals surface area contributed by atoms with Crippen molar-refractivity contribution in [1.82, 2.24) is 5.32 Å². The highest BCUT2D eigenvalue weighted by Gasteiger charge is 2.49. The quantitative estimate of drug-likeness (QED) is 0.361. The van der Waals surface area contributed by atoms with Gasteiger partial charge in [-0.1, -0.05) is 0 Å². The van der Waals surface area contributed by atoms with Crippen LogP contribution in [0.25, 0.3) is 0 Å². The predicted octanol–water partition coefficient (Wildman–Crippen LogP) is -1.53. The molecule has 1 heterocycles. The fourth-order valence-electron chi connectivity index (χ4n) is 2.22. The van der Waals surface area contributed by atoms with E-state index in [0.717, 1.165) is 0 Å². The number of carbonyl (C=O) groups excluding carboxylic acids is 1. The lowest BCUT2D eigenvalue weighted by Crippen LogP contribution is -2.65. The summed E-state index contributed by atoms with van der Waals surface area (Å²) < 4.78 is 26.4.